The number of hydrogen-bond acceptors (Lipinski definition) is 5. The third-order valence-electron chi connectivity index (χ3n) is 4.55. The van der Waals surface area contributed by atoms with Gasteiger partial charge in [0.25, 0.3) is 0 Å². The SMILES string of the molecule is CCNC(=NCCC(=O)Nc1ccc(C)cn1)NC(C)c1ccc(OCC)c(OCC)c1. The number of guanidine groups is 1. The molecular weight excluding hydrogens is 406 g/mol. The average molecular weight is 442 g/mol. The third-order valence-corrected chi connectivity index (χ3v) is 4.55. The molecule has 0 fully saturated rings. The number of benzene rings is 1. The van der Waals surface area contributed by atoms with Gasteiger partial charge in [0.1, 0.15) is 5.82 Å². The number of ether oxygens (including phenoxy) is 2. The Morgan fingerprint density at radius 1 is 1.09 bits per heavy atom. The molecule has 1 atom stereocenters. The van der Waals surface area contributed by atoms with Gasteiger partial charge in [-0.1, -0.05) is 12.1 Å². The maximum absolute atomic E-state index is 12.2. The van der Waals surface area contributed by atoms with Crippen molar-refractivity contribution in [2.45, 2.75) is 47.1 Å². The van der Waals surface area contributed by atoms with E-state index in [0.29, 0.717) is 38.1 Å². The van der Waals surface area contributed by atoms with Crippen LogP contribution in [-0.4, -0.2) is 43.2 Å². The summed E-state index contributed by atoms with van der Waals surface area (Å²) in [6.07, 6.45) is 1.98. The van der Waals surface area contributed by atoms with E-state index in [-0.39, 0.29) is 18.4 Å². The molecule has 2 aromatic rings. The fourth-order valence-electron chi connectivity index (χ4n) is 2.96. The Labute approximate surface area is 190 Å². The Balaban J connectivity index is 1.97. The molecule has 8 heteroatoms. The van der Waals surface area contributed by atoms with Crippen molar-refractivity contribution >= 4 is 17.7 Å². The zero-order valence-corrected chi connectivity index (χ0v) is 19.7. The molecule has 3 N–H and O–H groups in total. The number of aliphatic imine (C=N–C) groups is 1. The van der Waals surface area contributed by atoms with E-state index in [1.54, 1.807) is 12.3 Å². The second kappa shape index (κ2) is 13.2. The number of carbonyl (C=O) groups excluding carboxylic acids is 1. The summed E-state index contributed by atoms with van der Waals surface area (Å²) in [7, 11) is 0. The summed E-state index contributed by atoms with van der Waals surface area (Å²) < 4.78 is 11.4. The van der Waals surface area contributed by atoms with Crippen LogP contribution in [0.1, 0.15) is 51.3 Å². The third kappa shape index (κ3) is 8.09. The summed E-state index contributed by atoms with van der Waals surface area (Å²) >= 11 is 0. The lowest BCUT2D eigenvalue weighted by atomic mass is 10.1. The molecule has 0 saturated carbocycles. The van der Waals surface area contributed by atoms with Crippen LogP contribution in [0.15, 0.2) is 41.5 Å². The molecule has 0 saturated heterocycles. The van der Waals surface area contributed by atoms with Crippen LogP contribution in [0.4, 0.5) is 5.82 Å². The average Bonchev–Trinajstić information content (AvgIpc) is 2.77. The molecule has 174 valence electrons. The highest BCUT2D eigenvalue weighted by Gasteiger charge is 2.13. The first-order valence-electron chi connectivity index (χ1n) is 11.1. The highest BCUT2D eigenvalue weighted by Crippen LogP contribution is 2.30. The Bertz CT molecular complexity index is 884. The lowest BCUT2D eigenvalue weighted by Crippen LogP contribution is -2.39. The second-order valence-electron chi connectivity index (χ2n) is 7.22. The fraction of sp³-hybridized carbons (Fsp3) is 0.458. The molecular formula is C24H35N5O3. The summed E-state index contributed by atoms with van der Waals surface area (Å²) in [4.78, 5) is 20.9. The van der Waals surface area contributed by atoms with Crippen molar-refractivity contribution in [1.29, 1.82) is 0 Å². The van der Waals surface area contributed by atoms with Crippen LogP contribution in [0.3, 0.4) is 0 Å². The number of rotatable bonds is 11. The molecule has 8 nitrogen and oxygen atoms in total. The lowest BCUT2D eigenvalue weighted by molar-refractivity contribution is -0.116. The Kier molecular flexibility index (Phi) is 10.3. The van der Waals surface area contributed by atoms with Crippen LogP contribution in [0.2, 0.25) is 0 Å². The van der Waals surface area contributed by atoms with E-state index in [9.17, 15) is 4.79 Å². The number of anilines is 1. The van der Waals surface area contributed by atoms with Gasteiger partial charge < -0.3 is 25.4 Å². The van der Waals surface area contributed by atoms with Crippen LogP contribution in [0.25, 0.3) is 0 Å². The normalized spacial score (nSPS) is 12.1. The summed E-state index contributed by atoms with van der Waals surface area (Å²) in [6, 6.07) is 9.60. The van der Waals surface area contributed by atoms with Gasteiger partial charge in [-0.25, -0.2) is 4.98 Å². The molecule has 1 amide bonds. The molecule has 0 radical (unpaired) electrons. The van der Waals surface area contributed by atoms with Crippen LogP contribution in [0.5, 0.6) is 11.5 Å². The van der Waals surface area contributed by atoms with E-state index in [0.717, 1.165) is 22.6 Å². The molecule has 0 aliphatic heterocycles. The van der Waals surface area contributed by atoms with Crippen LogP contribution >= 0.6 is 0 Å². The van der Waals surface area contributed by atoms with Gasteiger partial charge in [0.2, 0.25) is 5.91 Å². The maximum Gasteiger partial charge on any atom is 0.227 e. The first-order chi connectivity index (χ1) is 15.5. The molecule has 0 spiro atoms. The predicted octanol–water partition coefficient (Wildman–Crippen LogP) is 3.83. The van der Waals surface area contributed by atoms with Gasteiger partial charge in [-0.2, -0.15) is 0 Å². The van der Waals surface area contributed by atoms with E-state index in [1.165, 1.54) is 0 Å². The minimum Gasteiger partial charge on any atom is -0.490 e. The summed E-state index contributed by atoms with van der Waals surface area (Å²) in [5.74, 6) is 2.53. The van der Waals surface area contributed by atoms with Gasteiger partial charge in [0.15, 0.2) is 17.5 Å². The molecule has 0 aliphatic carbocycles. The molecule has 2 rings (SSSR count). The van der Waals surface area contributed by atoms with Crippen LogP contribution in [-0.2, 0) is 4.79 Å². The van der Waals surface area contributed by atoms with Crippen molar-refractivity contribution in [2.24, 2.45) is 4.99 Å². The quantitative estimate of drug-likeness (QED) is 0.362. The van der Waals surface area contributed by atoms with Crippen molar-refractivity contribution in [2.75, 3.05) is 31.6 Å². The highest BCUT2D eigenvalue weighted by atomic mass is 16.5. The van der Waals surface area contributed by atoms with Gasteiger partial charge in [0.05, 0.1) is 25.8 Å². The van der Waals surface area contributed by atoms with Crippen molar-refractivity contribution in [3.63, 3.8) is 0 Å². The molecule has 0 aliphatic rings. The van der Waals surface area contributed by atoms with Gasteiger partial charge >= 0.3 is 0 Å². The Hall–Kier alpha value is -3.29. The minimum atomic E-state index is -0.123. The summed E-state index contributed by atoms with van der Waals surface area (Å²) in [5.41, 5.74) is 2.09. The first-order valence-corrected chi connectivity index (χ1v) is 11.1. The zero-order valence-electron chi connectivity index (χ0n) is 19.7. The van der Waals surface area contributed by atoms with Crippen LogP contribution < -0.4 is 25.4 Å². The lowest BCUT2D eigenvalue weighted by Gasteiger charge is -2.20. The van der Waals surface area contributed by atoms with Gasteiger partial charge in [0, 0.05) is 19.2 Å². The van der Waals surface area contributed by atoms with E-state index in [4.69, 9.17) is 9.47 Å². The molecule has 1 aromatic carbocycles. The number of nitrogens with one attached hydrogen (secondary N) is 3. The van der Waals surface area contributed by atoms with Gasteiger partial charge in [-0.05, 0) is 63.9 Å². The minimum absolute atomic E-state index is 0.0201. The van der Waals surface area contributed by atoms with Crippen molar-refractivity contribution < 1.29 is 14.3 Å². The number of aromatic nitrogens is 1. The van der Waals surface area contributed by atoms with Gasteiger partial charge in [-0.3, -0.25) is 9.79 Å². The smallest absolute Gasteiger partial charge is 0.227 e. The fourth-order valence-corrected chi connectivity index (χ4v) is 2.96. The van der Waals surface area contributed by atoms with E-state index in [1.807, 2.05) is 58.9 Å². The highest BCUT2D eigenvalue weighted by molar-refractivity contribution is 5.90. The number of amides is 1. The largest absolute Gasteiger partial charge is 0.490 e. The number of pyridine rings is 1. The first kappa shape index (κ1) is 25.0. The molecule has 1 aromatic heterocycles. The van der Waals surface area contributed by atoms with Crippen molar-refractivity contribution in [3.05, 3.63) is 47.7 Å². The number of nitrogens with zero attached hydrogens (tertiary/aromatic N) is 2. The predicted molar refractivity (Wildman–Crippen MR) is 129 cm³/mol. The number of aryl methyl sites for hydroxylation is 1. The van der Waals surface area contributed by atoms with Gasteiger partial charge in [-0.15, -0.1) is 0 Å². The molecule has 0 bridgehead atoms. The molecule has 32 heavy (non-hydrogen) atoms. The Morgan fingerprint density at radius 3 is 2.50 bits per heavy atom. The number of carbonyl (C=O) groups is 1. The second-order valence-corrected chi connectivity index (χ2v) is 7.22. The number of hydrogen-bond donors (Lipinski definition) is 3. The molecule has 1 heterocycles. The van der Waals surface area contributed by atoms with Crippen molar-refractivity contribution in [3.8, 4) is 11.5 Å². The Morgan fingerprint density at radius 2 is 1.84 bits per heavy atom. The maximum atomic E-state index is 12.2. The summed E-state index contributed by atoms with van der Waals surface area (Å²) in [6.45, 7) is 12.1. The standard InChI is InChI=1S/C24H35N5O3/c1-6-25-24(26-14-13-23(30)29-22-12-9-17(4)16-27-22)28-18(5)19-10-11-20(31-7-2)21(15-19)32-8-3/h9-12,15-16,18H,6-8,13-14H2,1-5H3,(H2,25,26,28)(H,27,29,30). The van der Waals surface area contributed by atoms with E-state index in [2.05, 4.69) is 25.9 Å². The van der Waals surface area contributed by atoms with E-state index >= 15 is 0 Å². The van der Waals surface area contributed by atoms with Crippen molar-refractivity contribution in [1.82, 2.24) is 15.6 Å². The monoisotopic (exact) mass is 441 g/mol. The zero-order chi connectivity index (χ0) is 23.3. The topological polar surface area (TPSA) is 96.9 Å². The van der Waals surface area contributed by atoms with E-state index < -0.39 is 0 Å². The summed E-state index contributed by atoms with van der Waals surface area (Å²) in [5, 5.41) is 9.40. The van der Waals surface area contributed by atoms with Crippen LogP contribution in [0, 0.1) is 6.92 Å². The molecule has 1 unspecified atom stereocenters.